The molecule has 2 aromatic rings. The van der Waals surface area contributed by atoms with E-state index in [1.807, 2.05) is 31.2 Å². The van der Waals surface area contributed by atoms with Crippen LogP contribution in [-0.4, -0.2) is 4.92 Å². The largest absolute Gasteiger partial charge is 0.306 e. The summed E-state index contributed by atoms with van der Waals surface area (Å²) in [5, 5.41) is 15.3. The third-order valence-electron chi connectivity index (χ3n) is 3.21. The maximum atomic E-state index is 10.8. The lowest BCUT2D eigenvalue weighted by Crippen LogP contribution is -2.18. The molecule has 0 aromatic heterocycles. The van der Waals surface area contributed by atoms with E-state index in [9.17, 15) is 10.1 Å². The minimum Gasteiger partial charge on any atom is -0.306 e. The van der Waals surface area contributed by atoms with E-state index in [1.165, 1.54) is 12.1 Å². The average Bonchev–Trinajstić information content (AvgIpc) is 2.46. The molecule has 21 heavy (non-hydrogen) atoms. The van der Waals surface area contributed by atoms with Crippen LogP contribution in [-0.2, 0) is 6.54 Å². The number of nitrogens with one attached hydrogen (secondary N) is 1. The average molecular weight is 325 g/mol. The topological polar surface area (TPSA) is 55.2 Å². The Hall–Kier alpha value is -1.62. The second-order valence-corrected chi connectivity index (χ2v) is 5.53. The smallest absolute Gasteiger partial charge is 0.269 e. The number of hydrogen-bond donors (Lipinski definition) is 1. The molecule has 0 aliphatic rings. The van der Waals surface area contributed by atoms with Crippen LogP contribution in [0.25, 0.3) is 0 Å². The molecule has 1 N–H and O–H groups in total. The summed E-state index contributed by atoms with van der Waals surface area (Å²) < 4.78 is 0. The number of hydrogen-bond acceptors (Lipinski definition) is 3. The van der Waals surface area contributed by atoms with Gasteiger partial charge in [-0.2, -0.15) is 0 Å². The molecular weight excluding hydrogens is 311 g/mol. The highest BCUT2D eigenvalue weighted by Gasteiger charge is 2.11. The van der Waals surface area contributed by atoms with Crippen molar-refractivity contribution in [2.45, 2.75) is 19.5 Å². The first kappa shape index (κ1) is 15.8. The van der Waals surface area contributed by atoms with Crippen LogP contribution in [0, 0.1) is 10.1 Å². The summed E-state index contributed by atoms with van der Waals surface area (Å²) in [7, 11) is 0. The lowest BCUT2D eigenvalue weighted by atomic mass is 10.1. The SMILES string of the molecule is CC(NCc1cc([N+](=O)[O-])ccc1Cl)c1ccc(Cl)cc1. The highest BCUT2D eigenvalue weighted by molar-refractivity contribution is 6.31. The van der Waals surface area contributed by atoms with Gasteiger partial charge in [0.1, 0.15) is 0 Å². The van der Waals surface area contributed by atoms with Gasteiger partial charge in [0, 0.05) is 34.8 Å². The fraction of sp³-hybridized carbons (Fsp3) is 0.200. The first-order valence-electron chi connectivity index (χ1n) is 6.39. The molecule has 0 bridgehead atoms. The molecule has 0 saturated heterocycles. The second-order valence-electron chi connectivity index (χ2n) is 4.69. The minimum absolute atomic E-state index is 0.0374. The van der Waals surface area contributed by atoms with Crippen molar-refractivity contribution in [3.63, 3.8) is 0 Å². The molecule has 1 atom stereocenters. The Morgan fingerprint density at radius 3 is 2.48 bits per heavy atom. The minimum atomic E-state index is -0.428. The fourth-order valence-corrected chi connectivity index (χ4v) is 2.25. The molecule has 0 fully saturated rings. The summed E-state index contributed by atoms with van der Waals surface area (Å²) in [6.07, 6.45) is 0. The van der Waals surface area contributed by atoms with E-state index in [2.05, 4.69) is 5.32 Å². The number of rotatable bonds is 5. The van der Waals surface area contributed by atoms with Gasteiger partial charge in [-0.15, -0.1) is 0 Å². The van der Waals surface area contributed by atoms with Crippen molar-refractivity contribution >= 4 is 28.9 Å². The molecule has 1 unspecified atom stereocenters. The Labute approximate surface area is 132 Å². The highest BCUT2D eigenvalue weighted by atomic mass is 35.5. The quantitative estimate of drug-likeness (QED) is 0.637. The van der Waals surface area contributed by atoms with Gasteiger partial charge in [-0.3, -0.25) is 10.1 Å². The maximum absolute atomic E-state index is 10.8. The third-order valence-corrected chi connectivity index (χ3v) is 3.83. The number of non-ortho nitro benzene ring substituents is 1. The van der Waals surface area contributed by atoms with Crippen molar-refractivity contribution in [3.8, 4) is 0 Å². The first-order valence-corrected chi connectivity index (χ1v) is 7.14. The number of nitro groups is 1. The van der Waals surface area contributed by atoms with Crippen LogP contribution in [0.4, 0.5) is 5.69 Å². The Balaban J connectivity index is 2.07. The van der Waals surface area contributed by atoms with E-state index in [0.717, 1.165) is 5.56 Å². The zero-order chi connectivity index (χ0) is 15.4. The molecule has 4 nitrogen and oxygen atoms in total. The van der Waals surface area contributed by atoms with Crippen LogP contribution in [0.5, 0.6) is 0 Å². The molecule has 0 heterocycles. The van der Waals surface area contributed by atoms with Crippen molar-refractivity contribution in [1.82, 2.24) is 5.32 Å². The van der Waals surface area contributed by atoms with E-state index in [4.69, 9.17) is 23.2 Å². The summed E-state index contributed by atoms with van der Waals surface area (Å²) >= 11 is 11.9. The van der Waals surface area contributed by atoms with Crippen LogP contribution in [0.2, 0.25) is 10.0 Å². The first-order chi connectivity index (χ1) is 9.97. The molecule has 0 radical (unpaired) electrons. The van der Waals surface area contributed by atoms with Crippen LogP contribution in [0.15, 0.2) is 42.5 Å². The molecule has 2 rings (SSSR count). The van der Waals surface area contributed by atoms with Crippen molar-refractivity contribution in [1.29, 1.82) is 0 Å². The summed E-state index contributed by atoms with van der Waals surface area (Å²) in [6.45, 7) is 2.46. The highest BCUT2D eigenvalue weighted by Crippen LogP contribution is 2.23. The lowest BCUT2D eigenvalue weighted by Gasteiger charge is -2.15. The summed E-state index contributed by atoms with van der Waals surface area (Å²) in [5.74, 6) is 0. The van der Waals surface area contributed by atoms with Crippen molar-refractivity contribution in [2.75, 3.05) is 0 Å². The maximum Gasteiger partial charge on any atom is 0.269 e. The fourth-order valence-electron chi connectivity index (χ4n) is 1.94. The van der Waals surface area contributed by atoms with Gasteiger partial charge in [0.15, 0.2) is 0 Å². The molecule has 0 amide bonds. The number of halogens is 2. The monoisotopic (exact) mass is 324 g/mol. The summed E-state index contributed by atoms with van der Waals surface area (Å²) in [4.78, 5) is 10.4. The van der Waals surface area contributed by atoms with Crippen LogP contribution >= 0.6 is 23.2 Å². The number of benzene rings is 2. The molecular formula is C15H14Cl2N2O2. The molecule has 6 heteroatoms. The van der Waals surface area contributed by atoms with E-state index >= 15 is 0 Å². The van der Waals surface area contributed by atoms with E-state index in [1.54, 1.807) is 6.07 Å². The number of nitro benzene ring substituents is 1. The predicted octanol–water partition coefficient (Wildman–Crippen LogP) is 4.75. The van der Waals surface area contributed by atoms with Crippen LogP contribution < -0.4 is 5.32 Å². The van der Waals surface area contributed by atoms with Gasteiger partial charge in [-0.1, -0.05) is 35.3 Å². The molecule has 110 valence electrons. The van der Waals surface area contributed by atoms with E-state index < -0.39 is 4.92 Å². The van der Waals surface area contributed by atoms with Crippen molar-refractivity contribution in [2.24, 2.45) is 0 Å². The standard InChI is InChI=1S/C15H14Cl2N2O2/c1-10(11-2-4-13(16)5-3-11)18-9-12-8-14(19(20)21)6-7-15(12)17/h2-8,10,18H,9H2,1H3. The summed E-state index contributed by atoms with van der Waals surface area (Å²) in [5.41, 5.74) is 1.82. The zero-order valence-electron chi connectivity index (χ0n) is 11.3. The summed E-state index contributed by atoms with van der Waals surface area (Å²) in [6, 6.07) is 12.1. The zero-order valence-corrected chi connectivity index (χ0v) is 12.9. The Morgan fingerprint density at radius 1 is 1.19 bits per heavy atom. The Bertz CT molecular complexity index is 645. The molecule has 2 aromatic carbocycles. The van der Waals surface area contributed by atoms with Crippen molar-refractivity contribution < 1.29 is 4.92 Å². The van der Waals surface area contributed by atoms with E-state index in [-0.39, 0.29) is 11.7 Å². The predicted molar refractivity (Wildman–Crippen MR) is 84.8 cm³/mol. The van der Waals surface area contributed by atoms with Gasteiger partial charge in [0.05, 0.1) is 4.92 Å². The normalized spacial score (nSPS) is 12.1. The second kappa shape index (κ2) is 6.89. The van der Waals surface area contributed by atoms with Gasteiger partial charge in [-0.05, 0) is 36.2 Å². The molecule has 0 saturated carbocycles. The third kappa shape index (κ3) is 4.17. The molecule has 0 aliphatic carbocycles. The number of nitrogens with zero attached hydrogens (tertiary/aromatic N) is 1. The lowest BCUT2D eigenvalue weighted by molar-refractivity contribution is -0.384. The van der Waals surface area contributed by atoms with Crippen LogP contribution in [0.1, 0.15) is 24.1 Å². The van der Waals surface area contributed by atoms with Gasteiger partial charge < -0.3 is 5.32 Å². The van der Waals surface area contributed by atoms with Gasteiger partial charge >= 0.3 is 0 Å². The molecule has 0 spiro atoms. The van der Waals surface area contributed by atoms with Crippen LogP contribution in [0.3, 0.4) is 0 Å². The van der Waals surface area contributed by atoms with Gasteiger partial charge in [0.2, 0.25) is 0 Å². The van der Waals surface area contributed by atoms with Gasteiger partial charge in [0.25, 0.3) is 5.69 Å². The molecule has 0 aliphatic heterocycles. The Morgan fingerprint density at radius 2 is 1.86 bits per heavy atom. The van der Waals surface area contributed by atoms with E-state index in [0.29, 0.717) is 22.2 Å². The van der Waals surface area contributed by atoms with Gasteiger partial charge in [-0.25, -0.2) is 0 Å². The van der Waals surface area contributed by atoms with Crippen molar-refractivity contribution in [3.05, 3.63) is 73.8 Å². The Kier molecular flexibility index (Phi) is 5.17.